The Kier molecular flexibility index (Phi) is 5.39. The number of ketones is 1. The number of benzene rings is 2. The topological polar surface area (TPSA) is 57.7 Å². The number of aromatic nitrogens is 1. The van der Waals surface area contributed by atoms with Gasteiger partial charge in [-0.15, -0.1) is 0 Å². The first-order valence-corrected chi connectivity index (χ1v) is 8.15. The fraction of sp³-hybridized carbons (Fsp3) is 0.100. The zero-order chi connectivity index (χ0) is 18.5. The fourth-order valence-electron chi connectivity index (χ4n) is 2.36. The van der Waals surface area contributed by atoms with Crippen molar-refractivity contribution >= 4 is 17.4 Å². The van der Waals surface area contributed by atoms with Gasteiger partial charge in [0, 0.05) is 23.4 Å². The third-order valence-corrected chi connectivity index (χ3v) is 4.01. The molecule has 0 bridgehead atoms. The summed E-state index contributed by atoms with van der Waals surface area (Å²) >= 11 is 6.06. The largest absolute Gasteiger partial charge is 0.493 e. The molecule has 0 amide bonds. The highest BCUT2D eigenvalue weighted by Gasteiger charge is 2.14. The second-order valence-electron chi connectivity index (χ2n) is 5.32. The Morgan fingerprint density at radius 3 is 2.27 bits per heavy atom. The van der Waals surface area contributed by atoms with Crippen molar-refractivity contribution in [1.29, 1.82) is 0 Å². The lowest BCUT2D eigenvalue weighted by atomic mass is 10.0. The molecule has 0 radical (unpaired) electrons. The van der Waals surface area contributed by atoms with Crippen LogP contribution in [0.25, 0.3) is 0 Å². The molecule has 0 saturated carbocycles. The van der Waals surface area contributed by atoms with Crippen LogP contribution in [-0.2, 0) is 0 Å². The number of nitrogens with zero attached hydrogens (tertiary/aromatic N) is 1. The Hall–Kier alpha value is -3.05. The second-order valence-corrected chi connectivity index (χ2v) is 5.72. The predicted molar refractivity (Wildman–Crippen MR) is 98.7 cm³/mol. The number of carbonyl (C=O) groups is 1. The van der Waals surface area contributed by atoms with Crippen LogP contribution in [-0.4, -0.2) is 25.0 Å². The standard InChI is InChI=1S/C20H16ClNO4/c1-24-17-9-7-13(11-18(17)25-2)20(23)14-8-10-19(22-12-14)26-16-6-4-3-5-15(16)21/h3-12H,1-2H3. The summed E-state index contributed by atoms with van der Waals surface area (Å²) in [6.45, 7) is 0. The van der Waals surface area contributed by atoms with E-state index >= 15 is 0 Å². The number of ether oxygens (including phenoxy) is 3. The van der Waals surface area contributed by atoms with Crippen LogP contribution in [0.2, 0.25) is 5.02 Å². The van der Waals surface area contributed by atoms with Crippen molar-refractivity contribution in [3.63, 3.8) is 0 Å². The highest BCUT2D eigenvalue weighted by atomic mass is 35.5. The maximum Gasteiger partial charge on any atom is 0.219 e. The molecule has 132 valence electrons. The highest BCUT2D eigenvalue weighted by molar-refractivity contribution is 6.32. The van der Waals surface area contributed by atoms with Crippen LogP contribution in [0.5, 0.6) is 23.1 Å². The van der Waals surface area contributed by atoms with Gasteiger partial charge in [-0.3, -0.25) is 4.79 Å². The van der Waals surface area contributed by atoms with Gasteiger partial charge in [-0.2, -0.15) is 0 Å². The monoisotopic (exact) mass is 369 g/mol. The maximum atomic E-state index is 12.6. The first-order chi connectivity index (χ1) is 12.6. The zero-order valence-corrected chi connectivity index (χ0v) is 15.0. The number of methoxy groups -OCH3 is 2. The molecule has 26 heavy (non-hydrogen) atoms. The van der Waals surface area contributed by atoms with Crippen LogP contribution in [0.3, 0.4) is 0 Å². The SMILES string of the molecule is COc1ccc(C(=O)c2ccc(Oc3ccccc3Cl)nc2)cc1OC. The fourth-order valence-corrected chi connectivity index (χ4v) is 2.53. The van der Waals surface area contributed by atoms with Crippen molar-refractivity contribution in [1.82, 2.24) is 4.98 Å². The summed E-state index contributed by atoms with van der Waals surface area (Å²) in [5.41, 5.74) is 0.910. The van der Waals surface area contributed by atoms with E-state index < -0.39 is 0 Å². The molecule has 6 heteroatoms. The second kappa shape index (κ2) is 7.89. The van der Waals surface area contributed by atoms with Crippen molar-refractivity contribution < 1.29 is 19.0 Å². The van der Waals surface area contributed by atoms with E-state index in [4.69, 9.17) is 25.8 Å². The molecule has 0 spiro atoms. The zero-order valence-electron chi connectivity index (χ0n) is 14.2. The van der Waals surface area contributed by atoms with Gasteiger partial charge in [0.25, 0.3) is 0 Å². The average Bonchev–Trinajstić information content (AvgIpc) is 2.69. The van der Waals surface area contributed by atoms with Crippen molar-refractivity contribution in [2.24, 2.45) is 0 Å². The number of halogens is 1. The minimum atomic E-state index is -0.178. The van der Waals surface area contributed by atoms with Gasteiger partial charge in [-0.05, 0) is 36.4 Å². The molecule has 3 rings (SSSR count). The molecule has 2 aromatic carbocycles. The first-order valence-electron chi connectivity index (χ1n) is 7.77. The lowest BCUT2D eigenvalue weighted by Gasteiger charge is -2.09. The molecule has 1 heterocycles. The van der Waals surface area contributed by atoms with Crippen LogP contribution in [0, 0.1) is 0 Å². The third kappa shape index (κ3) is 3.78. The molecule has 0 atom stereocenters. The van der Waals surface area contributed by atoms with Gasteiger partial charge in [0.1, 0.15) is 5.75 Å². The van der Waals surface area contributed by atoms with E-state index in [1.54, 1.807) is 49.6 Å². The van der Waals surface area contributed by atoms with Crippen molar-refractivity contribution in [2.45, 2.75) is 0 Å². The van der Waals surface area contributed by atoms with Crippen molar-refractivity contribution in [3.8, 4) is 23.1 Å². The number of pyridine rings is 1. The molecular weight excluding hydrogens is 354 g/mol. The third-order valence-electron chi connectivity index (χ3n) is 3.70. The molecule has 0 saturated heterocycles. The summed E-state index contributed by atoms with van der Waals surface area (Å²) in [5, 5.41) is 0.486. The molecule has 5 nitrogen and oxygen atoms in total. The van der Waals surface area contributed by atoms with Gasteiger partial charge in [0.2, 0.25) is 5.88 Å². The maximum absolute atomic E-state index is 12.6. The highest BCUT2D eigenvalue weighted by Crippen LogP contribution is 2.30. The lowest BCUT2D eigenvalue weighted by Crippen LogP contribution is -2.03. The van der Waals surface area contributed by atoms with Gasteiger partial charge >= 0.3 is 0 Å². The summed E-state index contributed by atoms with van der Waals surface area (Å²) in [7, 11) is 3.06. The van der Waals surface area contributed by atoms with Gasteiger partial charge in [0.15, 0.2) is 17.3 Å². The number of hydrogen-bond donors (Lipinski definition) is 0. The number of hydrogen-bond acceptors (Lipinski definition) is 5. The van der Waals surface area contributed by atoms with Crippen LogP contribution < -0.4 is 14.2 Å². The minimum Gasteiger partial charge on any atom is -0.493 e. The molecule has 0 aliphatic rings. The van der Waals surface area contributed by atoms with Crippen LogP contribution in [0.15, 0.2) is 60.8 Å². The van der Waals surface area contributed by atoms with Gasteiger partial charge in [-0.25, -0.2) is 4.98 Å². The molecule has 3 aromatic rings. The Bertz CT molecular complexity index is 925. The quantitative estimate of drug-likeness (QED) is 0.585. The van der Waals surface area contributed by atoms with Gasteiger partial charge in [-0.1, -0.05) is 23.7 Å². The number of para-hydroxylation sites is 1. The molecule has 1 aromatic heterocycles. The van der Waals surface area contributed by atoms with E-state index in [1.165, 1.54) is 13.3 Å². The molecule has 0 N–H and O–H groups in total. The van der Waals surface area contributed by atoms with Crippen LogP contribution >= 0.6 is 11.6 Å². The van der Waals surface area contributed by atoms with Gasteiger partial charge in [0.05, 0.1) is 19.2 Å². The average molecular weight is 370 g/mol. The van der Waals surface area contributed by atoms with E-state index in [0.29, 0.717) is 39.3 Å². The van der Waals surface area contributed by atoms with E-state index in [2.05, 4.69) is 4.98 Å². The summed E-state index contributed by atoms with van der Waals surface area (Å²) < 4.78 is 16.0. The van der Waals surface area contributed by atoms with Crippen molar-refractivity contribution in [2.75, 3.05) is 14.2 Å². The molecule has 0 aliphatic carbocycles. The Balaban J connectivity index is 1.80. The first kappa shape index (κ1) is 17.8. The van der Waals surface area contributed by atoms with E-state index in [0.717, 1.165) is 0 Å². The summed E-state index contributed by atoms with van der Waals surface area (Å²) in [6, 6.07) is 15.4. The Morgan fingerprint density at radius 1 is 0.885 bits per heavy atom. The number of rotatable bonds is 6. The van der Waals surface area contributed by atoms with Crippen molar-refractivity contribution in [3.05, 3.63) is 76.9 Å². The molecular formula is C20H16ClNO4. The lowest BCUT2D eigenvalue weighted by molar-refractivity contribution is 0.103. The Labute approximate surface area is 156 Å². The van der Waals surface area contributed by atoms with E-state index in [9.17, 15) is 4.79 Å². The number of carbonyl (C=O) groups excluding carboxylic acids is 1. The molecule has 0 aliphatic heterocycles. The Morgan fingerprint density at radius 2 is 1.62 bits per heavy atom. The van der Waals surface area contributed by atoms with Gasteiger partial charge < -0.3 is 14.2 Å². The predicted octanol–water partition coefficient (Wildman–Crippen LogP) is 4.78. The summed E-state index contributed by atoms with van der Waals surface area (Å²) in [5.74, 6) is 1.72. The van der Waals surface area contributed by atoms with Crippen LogP contribution in [0.4, 0.5) is 0 Å². The molecule has 0 fully saturated rings. The summed E-state index contributed by atoms with van der Waals surface area (Å²) in [6.07, 6.45) is 1.46. The smallest absolute Gasteiger partial charge is 0.219 e. The summed E-state index contributed by atoms with van der Waals surface area (Å²) in [4.78, 5) is 16.8. The normalized spacial score (nSPS) is 10.3. The minimum absolute atomic E-state index is 0.178. The molecule has 0 unspecified atom stereocenters. The van der Waals surface area contributed by atoms with E-state index in [1.807, 2.05) is 12.1 Å². The van der Waals surface area contributed by atoms with E-state index in [-0.39, 0.29) is 5.78 Å². The van der Waals surface area contributed by atoms with Crippen LogP contribution in [0.1, 0.15) is 15.9 Å².